The average molecular weight is 309 g/mol. The van der Waals surface area contributed by atoms with Gasteiger partial charge in [-0.15, -0.1) is 0 Å². The number of para-hydroxylation sites is 1. The maximum atomic E-state index is 11.9. The smallest absolute Gasteiger partial charge is 0.311 e. The fourth-order valence-corrected chi connectivity index (χ4v) is 4.76. The van der Waals surface area contributed by atoms with Crippen LogP contribution in [0.4, 0.5) is 5.69 Å². The van der Waals surface area contributed by atoms with Crippen LogP contribution < -0.4 is 4.90 Å². The van der Waals surface area contributed by atoms with Crippen LogP contribution in [-0.2, 0) is 14.6 Å². The Morgan fingerprint density at radius 3 is 2.71 bits per heavy atom. The van der Waals surface area contributed by atoms with Gasteiger partial charge in [0.25, 0.3) is 0 Å². The maximum Gasteiger partial charge on any atom is 0.311 e. The van der Waals surface area contributed by atoms with Crippen LogP contribution in [-0.4, -0.2) is 38.8 Å². The van der Waals surface area contributed by atoms with Gasteiger partial charge in [0.15, 0.2) is 9.84 Å². The number of anilines is 1. The predicted octanol–water partition coefficient (Wildman–Crippen LogP) is 1.78. The number of carbonyl (C=O) groups is 1. The van der Waals surface area contributed by atoms with Crippen LogP contribution in [0.15, 0.2) is 29.2 Å². The van der Waals surface area contributed by atoms with Crippen LogP contribution in [0, 0.1) is 11.3 Å². The Hall–Kier alpha value is -1.56. The van der Waals surface area contributed by atoms with Crippen LogP contribution >= 0.6 is 0 Å². The number of benzene rings is 1. The molecule has 2 fully saturated rings. The van der Waals surface area contributed by atoms with E-state index < -0.39 is 21.2 Å². The number of aliphatic carboxylic acids is 1. The van der Waals surface area contributed by atoms with Crippen LogP contribution in [0.3, 0.4) is 0 Å². The lowest BCUT2D eigenvalue weighted by Crippen LogP contribution is -2.35. The standard InChI is InChI=1S/C15H19NO4S/c1-21(19,20)13-7-3-2-6-12(13)16-9-11-5-4-8-15(11,10-16)14(17)18/h2-3,6-7,11H,4-5,8-10H2,1H3,(H,17,18)/t11-,15+/m0/s1. The molecule has 2 atom stereocenters. The van der Waals surface area contributed by atoms with E-state index in [4.69, 9.17) is 0 Å². The van der Waals surface area contributed by atoms with Gasteiger partial charge in [-0.05, 0) is 30.9 Å². The summed E-state index contributed by atoms with van der Waals surface area (Å²) in [6, 6.07) is 6.86. The van der Waals surface area contributed by atoms with Crippen molar-refractivity contribution in [3.05, 3.63) is 24.3 Å². The number of carboxylic acids is 1. The van der Waals surface area contributed by atoms with Crippen molar-refractivity contribution in [3.8, 4) is 0 Å². The largest absolute Gasteiger partial charge is 0.481 e. The summed E-state index contributed by atoms with van der Waals surface area (Å²) >= 11 is 0. The lowest BCUT2D eigenvalue weighted by molar-refractivity contribution is -0.149. The zero-order valence-electron chi connectivity index (χ0n) is 11.9. The van der Waals surface area contributed by atoms with Crippen molar-refractivity contribution >= 4 is 21.5 Å². The SMILES string of the molecule is CS(=O)(=O)c1ccccc1N1C[C@@H]2CCC[C@@]2(C(=O)O)C1. The highest BCUT2D eigenvalue weighted by molar-refractivity contribution is 7.90. The van der Waals surface area contributed by atoms with Crippen molar-refractivity contribution in [1.29, 1.82) is 0 Å². The van der Waals surface area contributed by atoms with Gasteiger partial charge >= 0.3 is 5.97 Å². The third-order valence-electron chi connectivity index (χ3n) is 4.90. The topological polar surface area (TPSA) is 74.7 Å². The predicted molar refractivity (Wildman–Crippen MR) is 79.2 cm³/mol. The van der Waals surface area contributed by atoms with Crippen molar-refractivity contribution in [2.24, 2.45) is 11.3 Å². The summed E-state index contributed by atoms with van der Waals surface area (Å²) in [5, 5.41) is 9.62. The molecule has 0 amide bonds. The van der Waals surface area contributed by atoms with Gasteiger partial charge in [-0.2, -0.15) is 0 Å². The zero-order chi connectivity index (χ0) is 15.3. The van der Waals surface area contributed by atoms with Gasteiger partial charge in [-0.3, -0.25) is 4.79 Å². The summed E-state index contributed by atoms with van der Waals surface area (Å²) in [6.07, 6.45) is 3.72. The second kappa shape index (κ2) is 4.73. The van der Waals surface area contributed by atoms with Crippen molar-refractivity contribution < 1.29 is 18.3 Å². The number of hydrogen-bond donors (Lipinski definition) is 1. The second-order valence-electron chi connectivity index (χ2n) is 6.17. The molecule has 1 aromatic carbocycles. The number of fused-ring (bicyclic) bond motifs is 1. The van der Waals surface area contributed by atoms with E-state index in [-0.39, 0.29) is 10.8 Å². The monoisotopic (exact) mass is 309 g/mol. The van der Waals surface area contributed by atoms with E-state index in [1.54, 1.807) is 24.3 Å². The summed E-state index contributed by atoms with van der Waals surface area (Å²) in [7, 11) is -3.32. The third-order valence-corrected chi connectivity index (χ3v) is 6.05. The number of carboxylic acid groups (broad SMARTS) is 1. The van der Waals surface area contributed by atoms with E-state index in [0.29, 0.717) is 25.2 Å². The van der Waals surface area contributed by atoms with E-state index in [9.17, 15) is 18.3 Å². The summed E-state index contributed by atoms with van der Waals surface area (Å²) in [5.74, 6) is -0.632. The molecule has 1 N–H and O–H groups in total. The van der Waals surface area contributed by atoms with E-state index in [1.807, 2.05) is 4.90 Å². The van der Waals surface area contributed by atoms with Gasteiger partial charge < -0.3 is 10.0 Å². The highest BCUT2D eigenvalue weighted by Gasteiger charge is 2.55. The molecule has 0 radical (unpaired) electrons. The summed E-state index contributed by atoms with van der Waals surface area (Å²) in [6.45, 7) is 1.03. The molecule has 0 spiro atoms. The molecule has 5 nitrogen and oxygen atoms in total. The number of rotatable bonds is 3. The van der Waals surface area contributed by atoms with Crippen LogP contribution in [0.2, 0.25) is 0 Å². The van der Waals surface area contributed by atoms with Crippen molar-refractivity contribution in [2.45, 2.75) is 24.2 Å². The molecule has 0 unspecified atom stereocenters. The van der Waals surface area contributed by atoms with E-state index in [1.165, 1.54) is 6.26 Å². The van der Waals surface area contributed by atoms with E-state index >= 15 is 0 Å². The van der Waals surface area contributed by atoms with Gasteiger partial charge in [-0.25, -0.2) is 8.42 Å². The second-order valence-corrected chi connectivity index (χ2v) is 8.16. The molecule has 2 aliphatic rings. The molecule has 21 heavy (non-hydrogen) atoms. The lowest BCUT2D eigenvalue weighted by Gasteiger charge is -2.25. The molecular formula is C15H19NO4S. The van der Waals surface area contributed by atoms with Crippen LogP contribution in [0.5, 0.6) is 0 Å². The van der Waals surface area contributed by atoms with E-state index in [2.05, 4.69) is 0 Å². The first-order chi connectivity index (χ1) is 9.84. The van der Waals surface area contributed by atoms with E-state index in [0.717, 1.165) is 12.8 Å². The molecule has 1 heterocycles. The minimum Gasteiger partial charge on any atom is -0.481 e. The average Bonchev–Trinajstić information content (AvgIpc) is 2.95. The molecule has 6 heteroatoms. The zero-order valence-corrected chi connectivity index (χ0v) is 12.8. The molecule has 1 saturated heterocycles. The Kier molecular flexibility index (Phi) is 3.24. The number of sulfone groups is 1. The normalized spacial score (nSPS) is 28.6. The van der Waals surface area contributed by atoms with Crippen LogP contribution in [0.1, 0.15) is 19.3 Å². The van der Waals surface area contributed by atoms with Crippen molar-refractivity contribution in [2.75, 3.05) is 24.2 Å². The molecule has 1 aromatic rings. The highest BCUT2D eigenvalue weighted by Crippen LogP contribution is 2.50. The Bertz CT molecular complexity index is 685. The van der Waals surface area contributed by atoms with Crippen molar-refractivity contribution in [3.63, 3.8) is 0 Å². The number of hydrogen-bond acceptors (Lipinski definition) is 4. The minimum atomic E-state index is -3.32. The van der Waals surface area contributed by atoms with Gasteiger partial charge in [0.2, 0.25) is 0 Å². The van der Waals surface area contributed by atoms with Gasteiger partial charge in [-0.1, -0.05) is 18.6 Å². The third kappa shape index (κ3) is 2.21. The van der Waals surface area contributed by atoms with Crippen molar-refractivity contribution in [1.82, 2.24) is 0 Å². The lowest BCUT2D eigenvalue weighted by atomic mass is 9.81. The molecular weight excluding hydrogens is 290 g/mol. The van der Waals surface area contributed by atoms with Crippen LogP contribution in [0.25, 0.3) is 0 Å². The molecule has 3 rings (SSSR count). The summed E-state index contributed by atoms with van der Waals surface area (Å²) in [4.78, 5) is 13.9. The number of nitrogens with zero attached hydrogens (tertiary/aromatic N) is 1. The fraction of sp³-hybridized carbons (Fsp3) is 0.533. The summed E-state index contributed by atoms with van der Waals surface area (Å²) in [5.41, 5.74) is -0.0695. The molecule has 1 aliphatic carbocycles. The molecule has 114 valence electrons. The van der Waals surface area contributed by atoms with Gasteiger partial charge in [0.1, 0.15) is 0 Å². The Morgan fingerprint density at radius 2 is 2.10 bits per heavy atom. The minimum absolute atomic E-state index is 0.114. The first-order valence-corrected chi connectivity index (χ1v) is 9.01. The molecule has 1 saturated carbocycles. The maximum absolute atomic E-state index is 11.9. The highest BCUT2D eigenvalue weighted by atomic mass is 32.2. The van der Waals surface area contributed by atoms with Gasteiger partial charge in [0, 0.05) is 19.3 Å². The Balaban J connectivity index is 2.00. The first kappa shape index (κ1) is 14.4. The quantitative estimate of drug-likeness (QED) is 0.921. The molecule has 0 aromatic heterocycles. The summed E-state index contributed by atoms with van der Waals surface area (Å²) < 4.78 is 23.9. The molecule has 0 bridgehead atoms. The fourth-order valence-electron chi connectivity index (χ4n) is 3.85. The molecule has 1 aliphatic heterocycles. The van der Waals surface area contributed by atoms with Gasteiger partial charge in [0.05, 0.1) is 16.0 Å². The Morgan fingerprint density at radius 1 is 1.38 bits per heavy atom. The first-order valence-electron chi connectivity index (χ1n) is 7.12. The Labute approximate surface area is 124 Å².